The lowest BCUT2D eigenvalue weighted by Gasteiger charge is -2.12. The van der Waals surface area contributed by atoms with Gasteiger partial charge in [-0.1, -0.05) is 24.4 Å². The Bertz CT molecular complexity index is 515. The van der Waals surface area contributed by atoms with Crippen LogP contribution in [0.1, 0.15) is 25.7 Å². The maximum Gasteiger partial charge on any atom is 0.273 e. The van der Waals surface area contributed by atoms with Crippen molar-refractivity contribution >= 4 is 23.2 Å². The molecule has 6 nitrogen and oxygen atoms in total. The predicted molar refractivity (Wildman–Crippen MR) is 74.0 cm³/mol. The van der Waals surface area contributed by atoms with E-state index in [1.54, 1.807) is 0 Å². The third kappa shape index (κ3) is 3.84. The van der Waals surface area contributed by atoms with Crippen LogP contribution in [-0.4, -0.2) is 23.5 Å². The van der Waals surface area contributed by atoms with Crippen LogP contribution in [0.2, 0.25) is 5.02 Å². The van der Waals surface area contributed by atoms with Gasteiger partial charge in [0.05, 0.1) is 16.0 Å². The van der Waals surface area contributed by atoms with E-state index < -0.39 is 4.92 Å². The lowest BCUT2D eigenvalue weighted by molar-refractivity contribution is -0.384. The number of non-ortho nitro benzene ring substituents is 1. The van der Waals surface area contributed by atoms with Gasteiger partial charge >= 0.3 is 0 Å². The Morgan fingerprint density at radius 1 is 1.45 bits per heavy atom. The Labute approximate surface area is 121 Å². The Morgan fingerprint density at radius 3 is 2.80 bits per heavy atom. The maximum absolute atomic E-state index is 11.7. The molecule has 0 unspecified atom stereocenters. The van der Waals surface area contributed by atoms with Crippen molar-refractivity contribution < 1.29 is 14.5 Å². The van der Waals surface area contributed by atoms with Crippen molar-refractivity contribution in [3.8, 4) is 5.75 Å². The monoisotopic (exact) mass is 298 g/mol. The van der Waals surface area contributed by atoms with E-state index in [0.717, 1.165) is 25.7 Å². The summed E-state index contributed by atoms with van der Waals surface area (Å²) in [6, 6.07) is 4.09. The second-order valence-corrected chi connectivity index (χ2v) is 5.12. The van der Waals surface area contributed by atoms with E-state index >= 15 is 0 Å². The van der Waals surface area contributed by atoms with Crippen LogP contribution >= 0.6 is 11.6 Å². The van der Waals surface area contributed by atoms with Crippen LogP contribution in [0.5, 0.6) is 5.75 Å². The summed E-state index contributed by atoms with van der Waals surface area (Å²) in [7, 11) is 0. The zero-order valence-electron chi connectivity index (χ0n) is 10.8. The van der Waals surface area contributed by atoms with Gasteiger partial charge in [-0.15, -0.1) is 0 Å². The molecular formula is C13H15ClN2O4. The van der Waals surface area contributed by atoms with Gasteiger partial charge in [-0.2, -0.15) is 0 Å². The third-order valence-corrected chi connectivity index (χ3v) is 3.52. The average Bonchev–Trinajstić information content (AvgIpc) is 2.90. The van der Waals surface area contributed by atoms with Crippen LogP contribution in [0.4, 0.5) is 5.69 Å². The molecule has 0 saturated heterocycles. The molecule has 0 heterocycles. The molecule has 20 heavy (non-hydrogen) atoms. The molecule has 0 bridgehead atoms. The number of carbonyl (C=O) groups excluding carboxylic acids is 1. The molecule has 0 atom stereocenters. The van der Waals surface area contributed by atoms with Crippen molar-refractivity contribution in [2.24, 2.45) is 0 Å². The first kappa shape index (κ1) is 14.6. The summed E-state index contributed by atoms with van der Waals surface area (Å²) < 4.78 is 5.25. The van der Waals surface area contributed by atoms with Gasteiger partial charge in [0.15, 0.2) is 6.61 Å². The van der Waals surface area contributed by atoms with E-state index in [2.05, 4.69) is 5.32 Å². The summed E-state index contributed by atoms with van der Waals surface area (Å²) >= 11 is 5.88. The van der Waals surface area contributed by atoms with Gasteiger partial charge < -0.3 is 10.1 Å². The fraction of sp³-hybridized carbons (Fsp3) is 0.462. The van der Waals surface area contributed by atoms with E-state index in [1.807, 2.05) is 0 Å². The summed E-state index contributed by atoms with van der Waals surface area (Å²) in [6.45, 7) is -0.197. The lowest BCUT2D eigenvalue weighted by atomic mass is 10.2. The quantitative estimate of drug-likeness (QED) is 0.669. The van der Waals surface area contributed by atoms with Gasteiger partial charge in [0.1, 0.15) is 5.75 Å². The number of nitro groups is 1. The smallest absolute Gasteiger partial charge is 0.273 e. The second-order valence-electron chi connectivity index (χ2n) is 4.71. The Morgan fingerprint density at radius 2 is 2.15 bits per heavy atom. The number of halogens is 1. The third-order valence-electron chi connectivity index (χ3n) is 3.20. The zero-order valence-corrected chi connectivity index (χ0v) is 11.6. The predicted octanol–water partition coefficient (Wildman–Crippen LogP) is 2.69. The Kier molecular flexibility index (Phi) is 4.79. The number of hydrogen-bond donors (Lipinski definition) is 1. The molecule has 7 heteroatoms. The van der Waals surface area contributed by atoms with E-state index in [-0.39, 0.29) is 35.0 Å². The van der Waals surface area contributed by atoms with Crippen LogP contribution in [0.15, 0.2) is 18.2 Å². The van der Waals surface area contributed by atoms with Gasteiger partial charge in [0.2, 0.25) is 0 Å². The standard InChI is InChI=1S/C13H15ClN2O4/c14-11-6-5-10(16(18)19)7-12(11)20-8-13(17)15-9-3-1-2-4-9/h5-7,9H,1-4,8H2,(H,15,17). The highest BCUT2D eigenvalue weighted by Crippen LogP contribution is 2.28. The molecule has 1 aliphatic carbocycles. The second kappa shape index (κ2) is 6.56. The number of benzene rings is 1. The van der Waals surface area contributed by atoms with Crippen molar-refractivity contribution in [1.82, 2.24) is 5.32 Å². The summed E-state index contributed by atoms with van der Waals surface area (Å²) in [5, 5.41) is 13.8. The molecule has 1 saturated carbocycles. The van der Waals surface area contributed by atoms with Crippen molar-refractivity contribution in [2.75, 3.05) is 6.61 Å². The van der Waals surface area contributed by atoms with Crippen molar-refractivity contribution in [3.63, 3.8) is 0 Å². The molecule has 1 N–H and O–H groups in total. The number of amides is 1. The summed E-state index contributed by atoms with van der Waals surface area (Å²) in [5.74, 6) is -0.0955. The van der Waals surface area contributed by atoms with E-state index in [1.165, 1.54) is 18.2 Å². The fourth-order valence-electron chi connectivity index (χ4n) is 2.20. The van der Waals surface area contributed by atoms with Crippen LogP contribution < -0.4 is 10.1 Å². The lowest BCUT2D eigenvalue weighted by Crippen LogP contribution is -2.36. The first-order valence-electron chi connectivity index (χ1n) is 6.42. The number of nitro benzene ring substituents is 1. The number of nitrogens with zero attached hydrogens (tertiary/aromatic N) is 1. The largest absolute Gasteiger partial charge is 0.482 e. The van der Waals surface area contributed by atoms with Gasteiger partial charge in [0.25, 0.3) is 11.6 Å². The van der Waals surface area contributed by atoms with Crippen LogP contribution in [0.25, 0.3) is 0 Å². The number of hydrogen-bond acceptors (Lipinski definition) is 4. The molecule has 0 radical (unpaired) electrons. The normalized spacial score (nSPS) is 15.1. The zero-order chi connectivity index (χ0) is 14.5. The summed E-state index contributed by atoms with van der Waals surface area (Å²) in [4.78, 5) is 21.8. The maximum atomic E-state index is 11.7. The highest BCUT2D eigenvalue weighted by Gasteiger charge is 2.18. The van der Waals surface area contributed by atoms with Crippen LogP contribution in [-0.2, 0) is 4.79 Å². The molecule has 1 aromatic carbocycles. The van der Waals surface area contributed by atoms with Gasteiger partial charge in [-0.3, -0.25) is 14.9 Å². The van der Waals surface area contributed by atoms with Crippen molar-refractivity contribution in [1.29, 1.82) is 0 Å². The summed E-state index contributed by atoms with van der Waals surface area (Å²) in [5.41, 5.74) is -0.124. The Balaban J connectivity index is 1.90. The van der Waals surface area contributed by atoms with Crippen LogP contribution in [0, 0.1) is 10.1 Å². The molecule has 1 amide bonds. The minimum atomic E-state index is -0.540. The van der Waals surface area contributed by atoms with Crippen LogP contribution in [0.3, 0.4) is 0 Å². The summed E-state index contributed by atoms with van der Waals surface area (Å²) in [6.07, 6.45) is 4.23. The molecule has 0 aromatic heterocycles. The van der Waals surface area contributed by atoms with Gasteiger partial charge in [0, 0.05) is 12.1 Å². The first-order valence-corrected chi connectivity index (χ1v) is 6.80. The van der Waals surface area contributed by atoms with Gasteiger partial charge in [-0.05, 0) is 18.9 Å². The van der Waals surface area contributed by atoms with Gasteiger partial charge in [-0.25, -0.2) is 0 Å². The minimum absolute atomic E-state index is 0.124. The van der Waals surface area contributed by atoms with E-state index in [4.69, 9.17) is 16.3 Å². The minimum Gasteiger partial charge on any atom is -0.482 e. The van der Waals surface area contributed by atoms with Crippen molar-refractivity contribution in [2.45, 2.75) is 31.7 Å². The highest BCUT2D eigenvalue weighted by molar-refractivity contribution is 6.32. The number of ether oxygens (including phenoxy) is 1. The molecule has 1 aliphatic rings. The first-order chi connectivity index (χ1) is 9.56. The molecule has 1 aromatic rings. The molecule has 108 valence electrons. The fourth-order valence-corrected chi connectivity index (χ4v) is 2.37. The van der Waals surface area contributed by atoms with Crippen molar-refractivity contribution in [3.05, 3.63) is 33.3 Å². The molecular weight excluding hydrogens is 284 g/mol. The molecule has 1 fully saturated rings. The van der Waals surface area contributed by atoms with E-state index in [9.17, 15) is 14.9 Å². The van der Waals surface area contributed by atoms with E-state index in [0.29, 0.717) is 0 Å². The molecule has 2 rings (SSSR count). The number of nitrogens with one attached hydrogen (secondary N) is 1. The Hall–Kier alpha value is -1.82. The highest BCUT2D eigenvalue weighted by atomic mass is 35.5. The molecule has 0 aliphatic heterocycles. The topological polar surface area (TPSA) is 81.5 Å². The number of rotatable bonds is 5. The number of carbonyl (C=O) groups is 1. The molecule has 0 spiro atoms. The average molecular weight is 299 g/mol. The SMILES string of the molecule is O=C(COc1cc([N+](=O)[O-])ccc1Cl)NC1CCCC1.